The van der Waals surface area contributed by atoms with Gasteiger partial charge in [0.25, 0.3) is 0 Å². The maximum Gasteiger partial charge on any atom is 0.216 e. The Balaban J connectivity index is 2.48. The number of benzene rings is 1. The van der Waals surface area contributed by atoms with Gasteiger partial charge in [0.2, 0.25) is 10.6 Å². The summed E-state index contributed by atoms with van der Waals surface area (Å²) in [5, 5.41) is 0. The summed E-state index contributed by atoms with van der Waals surface area (Å²) in [5.41, 5.74) is 1.29. The number of hydrogen-bond acceptors (Lipinski definition) is 2. The standard InChI is InChI=1S/C17H27O2S/c1-17(2,3)13-9-10-14(16(19-5)15(13)18-4)20-11-7-6-8-12-20/h9-10H,6-8,11-12H2,1-5H3/q+1. The molecule has 1 aliphatic heterocycles. The third-order valence-electron chi connectivity index (χ3n) is 3.88. The maximum absolute atomic E-state index is 5.74. The van der Waals surface area contributed by atoms with Gasteiger partial charge in [0.05, 0.1) is 14.2 Å². The normalized spacial score (nSPS) is 17.1. The van der Waals surface area contributed by atoms with E-state index in [0.29, 0.717) is 10.9 Å². The molecule has 1 aromatic carbocycles. The third-order valence-corrected chi connectivity index (χ3v) is 6.39. The summed E-state index contributed by atoms with van der Waals surface area (Å²) in [5.74, 6) is 4.49. The zero-order valence-corrected chi connectivity index (χ0v) is 14.2. The van der Waals surface area contributed by atoms with Gasteiger partial charge in [-0.25, -0.2) is 0 Å². The SMILES string of the molecule is COc1c([S+]2CCCCC2)ccc(C(C)(C)C)c1OC. The second kappa shape index (κ2) is 6.30. The van der Waals surface area contributed by atoms with Gasteiger partial charge in [-0.3, -0.25) is 0 Å². The Kier molecular flexibility index (Phi) is 4.90. The topological polar surface area (TPSA) is 18.5 Å². The molecule has 3 heteroatoms. The van der Waals surface area contributed by atoms with Crippen LogP contribution in [-0.4, -0.2) is 25.7 Å². The van der Waals surface area contributed by atoms with Crippen molar-refractivity contribution in [1.29, 1.82) is 0 Å². The second-order valence-electron chi connectivity index (χ2n) is 6.39. The highest BCUT2D eigenvalue weighted by atomic mass is 32.2. The number of rotatable bonds is 3. The number of methoxy groups -OCH3 is 2. The van der Waals surface area contributed by atoms with Gasteiger partial charge in [-0.05, 0) is 36.8 Å². The molecule has 1 aliphatic rings. The maximum atomic E-state index is 5.74. The van der Waals surface area contributed by atoms with Crippen molar-refractivity contribution in [2.24, 2.45) is 0 Å². The molecule has 2 nitrogen and oxygen atoms in total. The molecule has 0 N–H and O–H groups in total. The smallest absolute Gasteiger partial charge is 0.216 e. The van der Waals surface area contributed by atoms with E-state index in [2.05, 4.69) is 32.9 Å². The van der Waals surface area contributed by atoms with Crippen molar-refractivity contribution in [2.45, 2.75) is 50.3 Å². The average molecular weight is 295 g/mol. The Bertz CT molecular complexity index is 457. The molecular weight excluding hydrogens is 268 g/mol. The van der Waals surface area contributed by atoms with Gasteiger partial charge in [-0.15, -0.1) is 0 Å². The summed E-state index contributed by atoms with van der Waals surface area (Å²) < 4.78 is 11.4. The van der Waals surface area contributed by atoms with Crippen LogP contribution in [0, 0.1) is 0 Å². The van der Waals surface area contributed by atoms with E-state index in [1.807, 2.05) is 0 Å². The van der Waals surface area contributed by atoms with Gasteiger partial charge in [0, 0.05) is 16.5 Å². The molecule has 0 saturated carbocycles. The first-order chi connectivity index (χ1) is 9.49. The van der Waals surface area contributed by atoms with E-state index >= 15 is 0 Å². The van der Waals surface area contributed by atoms with Crippen molar-refractivity contribution in [3.63, 3.8) is 0 Å². The van der Waals surface area contributed by atoms with Crippen molar-refractivity contribution in [1.82, 2.24) is 0 Å². The number of hydrogen-bond donors (Lipinski definition) is 0. The minimum Gasteiger partial charge on any atom is -0.492 e. The molecule has 1 fully saturated rings. The van der Waals surface area contributed by atoms with Crippen molar-refractivity contribution in [3.05, 3.63) is 17.7 Å². The van der Waals surface area contributed by atoms with Gasteiger partial charge in [0.15, 0.2) is 5.75 Å². The van der Waals surface area contributed by atoms with E-state index in [1.165, 1.54) is 41.2 Å². The van der Waals surface area contributed by atoms with E-state index in [1.54, 1.807) is 14.2 Å². The molecule has 0 unspecified atom stereocenters. The van der Waals surface area contributed by atoms with Crippen LogP contribution in [0.5, 0.6) is 11.5 Å². The van der Waals surface area contributed by atoms with E-state index in [-0.39, 0.29) is 5.41 Å². The Morgan fingerprint density at radius 1 is 0.900 bits per heavy atom. The molecule has 20 heavy (non-hydrogen) atoms. The van der Waals surface area contributed by atoms with Gasteiger partial charge in [-0.1, -0.05) is 20.8 Å². The highest BCUT2D eigenvalue weighted by Gasteiger charge is 2.33. The fraction of sp³-hybridized carbons (Fsp3) is 0.647. The van der Waals surface area contributed by atoms with Crippen LogP contribution in [0.1, 0.15) is 45.6 Å². The molecule has 2 rings (SSSR count). The monoisotopic (exact) mass is 295 g/mol. The summed E-state index contributed by atoms with van der Waals surface area (Å²) in [6.45, 7) is 6.65. The average Bonchev–Trinajstić information content (AvgIpc) is 2.45. The first kappa shape index (κ1) is 15.6. The highest BCUT2D eigenvalue weighted by Crippen LogP contribution is 2.43. The molecule has 112 valence electrons. The van der Waals surface area contributed by atoms with Crippen LogP contribution in [0.4, 0.5) is 0 Å². The summed E-state index contributed by atoms with van der Waals surface area (Å²) >= 11 is 0. The van der Waals surface area contributed by atoms with Gasteiger partial charge in [0.1, 0.15) is 11.5 Å². The predicted molar refractivity (Wildman–Crippen MR) is 87.5 cm³/mol. The molecular formula is C17H27O2S+. The summed E-state index contributed by atoms with van der Waals surface area (Å²) in [6, 6.07) is 4.51. The molecule has 1 heterocycles. The van der Waals surface area contributed by atoms with E-state index in [4.69, 9.17) is 9.47 Å². The van der Waals surface area contributed by atoms with Gasteiger partial charge >= 0.3 is 0 Å². The lowest BCUT2D eigenvalue weighted by Crippen LogP contribution is -2.20. The van der Waals surface area contributed by atoms with Crippen molar-refractivity contribution >= 4 is 10.9 Å². The van der Waals surface area contributed by atoms with Crippen LogP contribution in [-0.2, 0) is 16.3 Å². The van der Waals surface area contributed by atoms with Crippen LogP contribution in [0.25, 0.3) is 0 Å². The lowest BCUT2D eigenvalue weighted by Gasteiger charge is -2.25. The molecule has 0 bridgehead atoms. The summed E-state index contributed by atoms with van der Waals surface area (Å²) in [4.78, 5) is 1.36. The Morgan fingerprint density at radius 3 is 2.00 bits per heavy atom. The lowest BCUT2D eigenvalue weighted by atomic mass is 9.86. The molecule has 0 aromatic heterocycles. The van der Waals surface area contributed by atoms with Crippen LogP contribution in [0.15, 0.2) is 17.0 Å². The summed E-state index contributed by atoms with van der Waals surface area (Å²) in [6.07, 6.45) is 4.06. The van der Waals surface area contributed by atoms with E-state index in [0.717, 1.165) is 11.5 Å². The Hall–Kier alpha value is -0.830. The van der Waals surface area contributed by atoms with Crippen molar-refractivity contribution < 1.29 is 9.47 Å². The van der Waals surface area contributed by atoms with Crippen LogP contribution < -0.4 is 9.47 Å². The zero-order chi connectivity index (χ0) is 14.8. The molecule has 0 aliphatic carbocycles. The highest BCUT2D eigenvalue weighted by molar-refractivity contribution is 7.97. The number of ether oxygens (including phenoxy) is 2. The lowest BCUT2D eigenvalue weighted by molar-refractivity contribution is 0.338. The fourth-order valence-corrected chi connectivity index (χ4v) is 5.26. The largest absolute Gasteiger partial charge is 0.492 e. The molecule has 0 radical (unpaired) electrons. The Labute approximate surface area is 126 Å². The van der Waals surface area contributed by atoms with Crippen LogP contribution >= 0.6 is 0 Å². The minimum atomic E-state index is 0.0623. The molecule has 1 saturated heterocycles. The van der Waals surface area contributed by atoms with Crippen molar-refractivity contribution in [3.8, 4) is 11.5 Å². The van der Waals surface area contributed by atoms with E-state index < -0.39 is 0 Å². The zero-order valence-electron chi connectivity index (χ0n) is 13.4. The third kappa shape index (κ3) is 3.08. The quantitative estimate of drug-likeness (QED) is 0.780. The molecule has 1 aromatic rings. The molecule has 0 spiro atoms. The van der Waals surface area contributed by atoms with Crippen molar-refractivity contribution in [2.75, 3.05) is 25.7 Å². The molecule has 0 atom stereocenters. The van der Waals surface area contributed by atoms with Gasteiger partial charge in [-0.2, -0.15) is 0 Å². The summed E-state index contributed by atoms with van der Waals surface area (Å²) in [7, 11) is 3.84. The van der Waals surface area contributed by atoms with Crippen LogP contribution in [0.3, 0.4) is 0 Å². The first-order valence-electron chi connectivity index (χ1n) is 7.42. The second-order valence-corrected chi connectivity index (χ2v) is 8.63. The predicted octanol–water partition coefficient (Wildman–Crippen LogP) is 4.16. The minimum absolute atomic E-state index is 0.0623. The molecule has 0 amide bonds. The fourth-order valence-electron chi connectivity index (χ4n) is 2.81. The van der Waals surface area contributed by atoms with Gasteiger partial charge < -0.3 is 9.47 Å². The first-order valence-corrected chi connectivity index (χ1v) is 8.98. The Morgan fingerprint density at radius 2 is 1.50 bits per heavy atom. The van der Waals surface area contributed by atoms with E-state index in [9.17, 15) is 0 Å². The van der Waals surface area contributed by atoms with Crippen LogP contribution in [0.2, 0.25) is 0 Å².